The van der Waals surface area contributed by atoms with Crippen LogP contribution in [0.15, 0.2) is 47.7 Å². The van der Waals surface area contributed by atoms with Crippen LogP contribution < -0.4 is 15.2 Å². The molecule has 1 saturated heterocycles. The number of alkyl halides is 2. The van der Waals surface area contributed by atoms with Gasteiger partial charge in [0.1, 0.15) is 5.75 Å². The Morgan fingerprint density at radius 1 is 1.19 bits per heavy atom. The molecule has 198 valence electrons. The van der Waals surface area contributed by atoms with Gasteiger partial charge in [0, 0.05) is 44.0 Å². The third-order valence-electron chi connectivity index (χ3n) is 5.98. The minimum atomic E-state index is -3.38. The average molecular weight is 526 g/mol. The van der Waals surface area contributed by atoms with Gasteiger partial charge in [0.25, 0.3) is 11.5 Å². The van der Waals surface area contributed by atoms with Gasteiger partial charge in [-0.05, 0) is 40.8 Å². The molecule has 6 nitrogen and oxygen atoms in total. The Bertz CT molecular complexity index is 1120. The molecule has 10 heteroatoms. The van der Waals surface area contributed by atoms with Gasteiger partial charge in [0.05, 0.1) is 11.7 Å². The predicted molar refractivity (Wildman–Crippen MR) is 142 cm³/mol. The summed E-state index contributed by atoms with van der Waals surface area (Å²) in [5.41, 5.74) is 2.48. The number of carbonyl (C=O) groups excluding carboxylic acids is 1. The van der Waals surface area contributed by atoms with Gasteiger partial charge in [-0.3, -0.25) is 9.59 Å². The first-order valence-electron chi connectivity index (χ1n) is 11.9. The van der Waals surface area contributed by atoms with E-state index in [-0.39, 0.29) is 30.4 Å². The summed E-state index contributed by atoms with van der Waals surface area (Å²) in [6.07, 6.45) is 4.34. The number of ether oxygens (including phenoxy) is 1. The topological polar surface area (TPSA) is 54.8 Å². The molecule has 0 N–H and O–H groups in total. The normalized spacial score (nSPS) is 13.4. The van der Waals surface area contributed by atoms with Crippen molar-refractivity contribution in [2.45, 2.75) is 52.4 Å². The third kappa shape index (κ3) is 7.12. The van der Waals surface area contributed by atoms with E-state index in [0.717, 1.165) is 11.3 Å². The molecule has 1 unspecified atom stereocenters. The van der Waals surface area contributed by atoms with Crippen LogP contribution >= 0.6 is 9.24 Å². The summed E-state index contributed by atoms with van der Waals surface area (Å²) < 4.78 is 45.5. The van der Waals surface area contributed by atoms with Gasteiger partial charge in [-0.25, -0.2) is 4.39 Å². The molecule has 0 spiro atoms. The fourth-order valence-electron chi connectivity index (χ4n) is 3.72. The first-order chi connectivity index (χ1) is 16.8. The van der Waals surface area contributed by atoms with Crippen molar-refractivity contribution in [2.24, 2.45) is 0 Å². The van der Waals surface area contributed by atoms with E-state index in [2.05, 4.69) is 25.2 Å². The Hall–Kier alpha value is -2.80. The van der Waals surface area contributed by atoms with E-state index < -0.39 is 17.6 Å². The van der Waals surface area contributed by atoms with E-state index in [1.807, 2.05) is 18.9 Å². The first kappa shape index (κ1) is 29.4. The highest BCUT2D eigenvalue weighted by Gasteiger charge is 2.34. The second kappa shape index (κ2) is 12.4. The summed E-state index contributed by atoms with van der Waals surface area (Å²) in [5, 5.41) is 0. The van der Waals surface area contributed by atoms with Crippen LogP contribution in [0.3, 0.4) is 0 Å². The number of anilines is 1. The Morgan fingerprint density at radius 3 is 2.19 bits per heavy atom. The van der Waals surface area contributed by atoms with Gasteiger partial charge in [0.2, 0.25) is 0 Å². The molecule has 0 bridgehead atoms. The summed E-state index contributed by atoms with van der Waals surface area (Å²) >= 11 is 0. The van der Waals surface area contributed by atoms with E-state index >= 15 is 0 Å². The lowest BCUT2D eigenvalue weighted by molar-refractivity contribution is -0.134. The van der Waals surface area contributed by atoms with Gasteiger partial charge in [-0.1, -0.05) is 45.4 Å². The molecule has 2 heterocycles. The number of rotatable bonds is 8. The number of halogens is 3. The molecule has 1 aromatic carbocycles. The molecule has 1 aliphatic heterocycles. The second-order valence-corrected chi connectivity index (χ2v) is 9.37. The molecule has 0 saturated carbocycles. The smallest absolute Gasteiger partial charge is 0.408 e. The highest BCUT2D eigenvalue weighted by atomic mass is 31.0. The Morgan fingerprint density at radius 2 is 1.75 bits per heavy atom. The molecule has 2 aromatic rings. The van der Waals surface area contributed by atoms with Gasteiger partial charge in [-0.15, -0.1) is 0 Å². The molecule has 3 rings (SSSR count). The SMILES string of the molecule is C=C(F)C(=O)N1CC(n2cc(-c3ccc(OC(F)(F)P)cc3)c(N(C)CC)c(C)c2=O)C1.CCCC. The summed E-state index contributed by atoms with van der Waals surface area (Å²) in [5.74, 6) is -5.19. The number of amides is 1. The first-order valence-corrected chi connectivity index (χ1v) is 12.5. The predicted octanol–water partition coefficient (Wildman–Crippen LogP) is 5.76. The maximum atomic E-state index is 13.1. The standard InChI is InChI=1S/C22H25F3N3O3P.C4H10/c1-5-26(4)19-13(2)20(29)28(16-10-27(11-16)21(30)14(3)23)12-18(19)15-6-8-17(9-7-15)31-22(24,25)32;1-3-4-2/h6-9,12,16H,3,5,10-11,32H2,1-2,4H3;3-4H2,1-2H3. The quantitative estimate of drug-likeness (QED) is 0.325. The van der Waals surface area contributed by atoms with Crippen LogP contribution in [0.4, 0.5) is 18.9 Å². The number of aromatic nitrogens is 1. The van der Waals surface area contributed by atoms with Crippen LogP contribution in [0.5, 0.6) is 5.75 Å². The minimum Gasteiger partial charge on any atom is -0.430 e. The molecule has 0 radical (unpaired) electrons. The van der Waals surface area contributed by atoms with E-state index in [4.69, 9.17) is 0 Å². The number of benzene rings is 1. The van der Waals surface area contributed by atoms with Gasteiger partial charge >= 0.3 is 5.85 Å². The molecular formula is C26H35F3N3O3P. The molecular weight excluding hydrogens is 490 g/mol. The van der Waals surface area contributed by atoms with Crippen LogP contribution in [0, 0.1) is 6.92 Å². The summed E-state index contributed by atoms with van der Waals surface area (Å²) in [6.45, 7) is 12.1. The molecule has 1 atom stereocenters. The summed E-state index contributed by atoms with van der Waals surface area (Å²) in [6, 6.07) is 5.86. The van der Waals surface area contributed by atoms with Crippen LogP contribution in [0.2, 0.25) is 0 Å². The number of pyridine rings is 1. The largest absolute Gasteiger partial charge is 0.430 e. The van der Waals surface area contributed by atoms with Gasteiger partial charge < -0.3 is 19.1 Å². The minimum absolute atomic E-state index is 0.00351. The fourth-order valence-corrected chi connectivity index (χ4v) is 3.85. The van der Waals surface area contributed by atoms with Crippen molar-refractivity contribution in [3.05, 3.63) is 58.8 Å². The molecule has 1 aromatic heterocycles. The maximum Gasteiger partial charge on any atom is 0.408 e. The van der Waals surface area contributed by atoms with Gasteiger partial charge in [-0.2, -0.15) is 8.78 Å². The zero-order chi connectivity index (χ0) is 27.2. The second-order valence-electron chi connectivity index (χ2n) is 8.70. The van der Waals surface area contributed by atoms with Crippen LogP contribution in [-0.2, 0) is 4.79 Å². The lowest BCUT2D eigenvalue weighted by Crippen LogP contribution is -2.53. The zero-order valence-electron chi connectivity index (χ0n) is 21.5. The zero-order valence-corrected chi connectivity index (χ0v) is 22.6. The number of unbranched alkanes of at least 4 members (excludes halogenated alkanes) is 1. The van der Waals surface area contributed by atoms with E-state index in [0.29, 0.717) is 17.7 Å². The number of hydrogen-bond donors (Lipinski definition) is 0. The average Bonchev–Trinajstić information content (AvgIpc) is 2.79. The van der Waals surface area contributed by atoms with E-state index in [1.54, 1.807) is 29.8 Å². The van der Waals surface area contributed by atoms with Crippen molar-refractivity contribution >= 4 is 20.8 Å². The number of carbonyl (C=O) groups is 1. The lowest BCUT2D eigenvalue weighted by atomic mass is 10.00. The molecule has 0 aliphatic carbocycles. The number of likely N-dealkylation sites (tertiary alicyclic amines) is 1. The van der Waals surface area contributed by atoms with Crippen molar-refractivity contribution in [3.63, 3.8) is 0 Å². The fraction of sp³-hybridized carbons (Fsp3) is 0.462. The summed E-state index contributed by atoms with van der Waals surface area (Å²) in [7, 11) is 3.18. The van der Waals surface area contributed by atoms with Crippen molar-refractivity contribution in [3.8, 4) is 16.9 Å². The van der Waals surface area contributed by atoms with Crippen molar-refractivity contribution in [1.29, 1.82) is 0 Å². The van der Waals surface area contributed by atoms with Gasteiger partial charge in [0.15, 0.2) is 5.83 Å². The van der Waals surface area contributed by atoms with Crippen molar-refractivity contribution in [2.75, 3.05) is 31.6 Å². The molecule has 1 amide bonds. The van der Waals surface area contributed by atoms with Crippen molar-refractivity contribution in [1.82, 2.24) is 9.47 Å². The monoisotopic (exact) mass is 525 g/mol. The number of hydrogen-bond acceptors (Lipinski definition) is 4. The van der Waals surface area contributed by atoms with E-state index in [1.165, 1.54) is 39.1 Å². The Kier molecular flexibility index (Phi) is 10.2. The van der Waals surface area contributed by atoms with E-state index in [9.17, 15) is 22.8 Å². The third-order valence-corrected chi connectivity index (χ3v) is 6.10. The Balaban J connectivity index is 0.00000106. The van der Waals surface area contributed by atoms with Crippen LogP contribution in [0.25, 0.3) is 11.1 Å². The maximum absolute atomic E-state index is 13.1. The molecule has 36 heavy (non-hydrogen) atoms. The lowest BCUT2D eigenvalue weighted by Gasteiger charge is -2.40. The summed E-state index contributed by atoms with van der Waals surface area (Å²) in [4.78, 5) is 28.0. The van der Waals surface area contributed by atoms with Crippen LogP contribution in [-0.4, -0.2) is 47.9 Å². The van der Waals surface area contributed by atoms with Crippen molar-refractivity contribution < 1.29 is 22.7 Å². The highest BCUT2D eigenvalue weighted by molar-refractivity contribution is 7.17. The molecule has 1 fully saturated rings. The molecule has 1 aliphatic rings. The Labute approximate surface area is 212 Å². The van der Waals surface area contributed by atoms with Crippen LogP contribution in [0.1, 0.15) is 45.2 Å². The highest BCUT2D eigenvalue weighted by Crippen LogP contribution is 2.35. The number of nitrogens with zero attached hydrogens (tertiary/aromatic N) is 3.